The summed E-state index contributed by atoms with van der Waals surface area (Å²) in [5.41, 5.74) is 2.07. The standard InChI is InChI=1S/C11H18ClN3O/c1-5-15(6-7-16-4)11-9(3)8(2)10(12)13-14-11/h5-7H2,1-4H3. The van der Waals surface area contributed by atoms with Crippen LogP contribution in [0, 0.1) is 13.8 Å². The molecular formula is C11H18ClN3O. The van der Waals surface area contributed by atoms with Gasteiger partial charge < -0.3 is 9.64 Å². The first-order chi connectivity index (χ1) is 7.61. The monoisotopic (exact) mass is 243 g/mol. The van der Waals surface area contributed by atoms with Gasteiger partial charge in [0.25, 0.3) is 0 Å². The molecule has 0 N–H and O–H groups in total. The maximum Gasteiger partial charge on any atom is 0.155 e. The Bertz CT molecular complexity index is 357. The highest BCUT2D eigenvalue weighted by Gasteiger charge is 2.13. The Kier molecular flexibility index (Phi) is 4.96. The summed E-state index contributed by atoms with van der Waals surface area (Å²) in [5, 5.41) is 8.58. The number of nitrogens with zero attached hydrogens (tertiary/aromatic N) is 3. The number of rotatable bonds is 5. The summed E-state index contributed by atoms with van der Waals surface area (Å²) >= 11 is 5.92. The van der Waals surface area contributed by atoms with Crippen LogP contribution in [0.4, 0.5) is 5.82 Å². The van der Waals surface area contributed by atoms with E-state index in [9.17, 15) is 0 Å². The zero-order chi connectivity index (χ0) is 12.1. The van der Waals surface area contributed by atoms with Gasteiger partial charge in [0.2, 0.25) is 0 Å². The lowest BCUT2D eigenvalue weighted by Crippen LogP contribution is -2.29. The maximum atomic E-state index is 5.92. The van der Waals surface area contributed by atoms with E-state index >= 15 is 0 Å². The molecule has 0 aliphatic rings. The third kappa shape index (κ3) is 2.83. The molecular weight excluding hydrogens is 226 g/mol. The van der Waals surface area contributed by atoms with Crippen molar-refractivity contribution in [2.45, 2.75) is 20.8 Å². The number of ether oxygens (including phenoxy) is 1. The minimum absolute atomic E-state index is 0.476. The quantitative estimate of drug-likeness (QED) is 0.795. The zero-order valence-corrected chi connectivity index (χ0v) is 11.0. The second kappa shape index (κ2) is 6.01. The Morgan fingerprint density at radius 2 is 1.94 bits per heavy atom. The molecule has 0 saturated carbocycles. The van der Waals surface area contributed by atoms with Crippen molar-refractivity contribution < 1.29 is 4.74 Å². The second-order valence-electron chi connectivity index (χ2n) is 3.64. The lowest BCUT2D eigenvalue weighted by atomic mass is 10.2. The van der Waals surface area contributed by atoms with Gasteiger partial charge in [0, 0.05) is 20.2 Å². The summed E-state index contributed by atoms with van der Waals surface area (Å²) in [7, 11) is 1.69. The van der Waals surface area contributed by atoms with Gasteiger partial charge in [-0.15, -0.1) is 10.2 Å². The summed E-state index contributed by atoms with van der Waals surface area (Å²) in [4.78, 5) is 2.13. The lowest BCUT2D eigenvalue weighted by molar-refractivity contribution is 0.205. The highest BCUT2D eigenvalue weighted by Crippen LogP contribution is 2.23. The van der Waals surface area contributed by atoms with Crippen LogP contribution >= 0.6 is 11.6 Å². The van der Waals surface area contributed by atoms with Gasteiger partial charge in [0.05, 0.1) is 6.61 Å². The highest BCUT2D eigenvalue weighted by atomic mass is 35.5. The van der Waals surface area contributed by atoms with E-state index in [0.717, 1.165) is 30.0 Å². The zero-order valence-electron chi connectivity index (χ0n) is 10.2. The van der Waals surface area contributed by atoms with E-state index in [1.165, 1.54) is 0 Å². The van der Waals surface area contributed by atoms with Crippen LogP contribution in [0.1, 0.15) is 18.1 Å². The second-order valence-corrected chi connectivity index (χ2v) is 3.99. The highest BCUT2D eigenvalue weighted by molar-refractivity contribution is 6.30. The third-order valence-electron chi connectivity index (χ3n) is 2.69. The van der Waals surface area contributed by atoms with Crippen LogP contribution in [0.2, 0.25) is 5.15 Å². The molecule has 0 aromatic carbocycles. The Morgan fingerprint density at radius 3 is 2.50 bits per heavy atom. The van der Waals surface area contributed by atoms with Crippen molar-refractivity contribution in [1.82, 2.24) is 10.2 Å². The van der Waals surface area contributed by atoms with Crippen LogP contribution in [-0.2, 0) is 4.74 Å². The topological polar surface area (TPSA) is 38.2 Å². The van der Waals surface area contributed by atoms with E-state index in [1.54, 1.807) is 7.11 Å². The average Bonchev–Trinajstić information content (AvgIpc) is 2.29. The SMILES string of the molecule is CCN(CCOC)c1nnc(Cl)c(C)c1C. The molecule has 4 nitrogen and oxygen atoms in total. The van der Waals surface area contributed by atoms with Gasteiger partial charge in [-0.1, -0.05) is 11.6 Å². The van der Waals surface area contributed by atoms with Crippen LogP contribution < -0.4 is 4.90 Å². The number of likely N-dealkylation sites (N-methyl/N-ethyl adjacent to an activating group) is 1. The molecule has 0 fully saturated rings. The predicted molar refractivity (Wildman–Crippen MR) is 66.3 cm³/mol. The van der Waals surface area contributed by atoms with Gasteiger partial charge >= 0.3 is 0 Å². The number of methoxy groups -OCH3 is 1. The van der Waals surface area contributed by atoms with Crippen LogP contribution in [0.25, 0.3) is 0 Å². The lowest BCUT2D eigenvalue weighted by Gasteiger charge is -2.23. The number of hydrogen-bond donors (Lipinski definition) is 0. The first kappa shape index (κ1) is 13.2. The molecule has 1 heterocycles. The molecule has 0 saturated heterocycles. The number of anilines is 1. The molecule has 0 aliphatic heterocycles. The fourth-order valence-electron chi connectivity index (χ4n) is 1.48. The van der Waals surface area contributed by atoms with E-state index in [2.05, 4.69) is 22.0 Å². The molecule has 1 aromatic rings. The van der Waals surface area contributed by atoms with E-state index in [4.69, 9.17) is 16.3 Å². The summed E-state index contributed by atoms with van der Waals surface area (Å²) in [6.07, 6.45) is 0. The van der Waals surface area contributed by atoms with Gasteiger partial charge in [0.15, 0.2) is 11.0 Å². The van der Waals surface area contributed by atoms with Crippen molar-refractivity contribution in [3.8, 4) is 0 Å². The van der Waals surface area contributed by atoms with Crippen LogP contribution in [0.15, 0.2) is 0 Å². The van der Waals surface area contributed by atoms with Crippen molar-refractivity contribution >= 4 is 17.4 Å². The van der Waals surface area contributed by atoms with Crippen LogP contribution in [0.3, 0.4) is 0 Å². The van der Waals surface area contributed by atoms with Gasteiger partial charge in [-0.25, -0.2) is 0 Å². The molecule has 0 bridgehead atoms. The molecule has 5 heteroatoms. The number of hydrogen-bond acceptors (Lipinski definition) is 4. The van der Waals surface area contributed by atoms with Crippen LogP contribution in [0.5, 0.6) is 0 Å². The van der Waals surface area contributed by atoms with E-state index in [1.807, 2.05) is 13.8 Å². The third-order valence-corrected chi connectivity index (χ3v) is 3.05. The van der Waals surface area contributed by atoms with E-state index in [0.29, 0.717) is 11.8 Å². The molecule has 90 valence electrons. The average molecular weight is 244 g/mol. The maximum absolute atomic E-state index is 5.92. The fraction of sp³-hybridized carbons (Fsp3) is 0.636. The Labute approximate surface area is 102 Å². The van der Waals surface area contributed by atoms with Crippen molar-refractivity contribution in [2.75, 3.05) is 31.7 Å². The van der Waals surface area contributed by atoms with Gasteiger partial charge in [0.1, 0.15) is 0 Å². The molecule has 0 spiro atoms. The number of aromatic nitrogens is 2. The minimum atomic E-state index is 0.476. The van der Waals surface area contributed by atoms with E-state index in [-0.39, 0.29) is 0 Å². The molecule has 0 amide bonds. The molecule has 1 rings (SSSR count). The molecule has 0 atom stereocenters. The Morgan fingerprint density at radius 1 is 1.25 bits per heavy atom. The summed E-state index contributed by atoms with van der Waals surface area (Å²) < 4.78 is 5.07. The van der Waals surface area contributed by atoms with Gasteiger partial charge in [-0.05, 0) is 31.9 Å². The molecule has 0 unspecified atom stereocenters. The van der Waals surface area contributed by atoms with Crippen molar-refractivity contribution in [3.05, 3.63) is 16.3 Å². The molecule has 1 aromatic heterocycles. The fourth-order valence-corrected chi connectivity index (χ4v) is 1.66. The molecule has 0 aliphatic carbocycles. The predicted octanol–water partition coefficient (Wildman–Crippen LogP) is 2.22. The minimum Gasteiger partial charge on any atom is -0.383 e. The largest absolute Gasteiger partial charge is 0.383 e. The summed E-state index contributed by atoms with van der Waals surface area (Å²) in [6.45, 7) is 8.42. The number of halogens is 1. The normalized spacial score (nSPS) is 10.6. The summed E-state index contributed by atoms with van der Waals surface area (Å²) in [6, 6.07) is 0. The first-order valence-electron chi connectivity index (χ1n) is 5.35. The Balaban J connectivity index is 2.96. The summed E-state index contributed by atoms with van der Waals surface area (Å²) in [5.74, 6) is 0.890. The van der Waals surface area contributed by atoms with E-state index < -0.39 is 0 Å². The van der Waals surface area contributed by atoms with Crippen molar-refractivity contribution in [1.29, 1.82) is 0 Å². The van der Waals surface area contributed by atoms with Gasteiger partial charge in [-0.3, -0.25) is 0 Å². The molecule has 16 heavy (non-hydrogen) atoms. The van der Waals surface area contributed by atoms with Gasteiger partial charge in [-0.2, -0.15) is 0 Å². The first-order valence-corrected chi connectivity index (χ1v) is 5.72. The molecule has 0 radical (unpaired) electrons. The smallest absolute Gasteiger partial charge is 0.155 e. The Hall–Kier alpha value is -0.870. The van der Waals surface area contributed by atoms with Crippen LogP contribution in [-0.4, -0.2) is 37.0 Å². The van der Waals surface area contributed by atoms with Crippen molar-refractivity contribution in [3.63, 3.8) is 0 Å². The van der Waals surface area contributed by atoms with Crippen molar-refractivity contribution in [2.24, 2.45) is 0 Å².